The van der Waals surface area contributed by atoms with Gasteiger partial charge in [0.05, 0.1) is 24.0 Å². The highest BCUT2D eigenvalue weighted by Gasteiger charge is 2.52. The van der Waals surface area contributed by atoms with Crippen LogP contribution in [-0.4, -0.2) is 130 Å². The van der Waals surface area contributed by atoms with Gasteiger partial charge in [0.25, 0.3) is 0 Å². The standard InChI is InChI=1S/C37H57F2N5O4/c1-24-8-11-26(12-9-24)44(35(48)37(5,6)23-45)27-19-32(34(47)41-16-14-40(7)15-17-41)43(20-27)33(46)30-22-42(36(2,3)4)21-29(30)28-13-10-25(38)18-31(28)39/h10,13,18,24,26-27,29-30,32,45H,8-9,11-12,14-17,19-23H2,1-7H3/t24-,26+,27-,29-,30+,32-/m0/s1. The number of benzene rings is 1. The van der Waals surface area contributed by atoms with E-state index in [-0.39, 0.29) is 42.5 Å². The maximum Gasteiger partial charge on any atom is 0.245 e. The van der Waals surface area contributed by atoms with Crippen molar-refractivity contribution in [1.29, 1.82) is 0 Å². The van der Waals surface area contributed by atoms with Crippen LogP contribution < -0.4 is 0 Å². The minimum atomic E-state index is -1.01. The molecule has 3 aliphatic heterocycles. The van der Waals surface area contributed by atoms with Crippen molar-refractivity contribution >= 4 is 17.7 Å². The van der Waals surface area contributed by atoms with Gasteiger partial charge in [0, 0.05) is 69.4 Å². The largest absolute Gasteiger partial charge is 0.395 e. The fraction of sp³-hybridized carbons (Fsp3) is 0.757. The number of carbonyl (C=O) groups excluding carboxylic acids is 3. The Balaban J connectivity index is 1.52. The topological polar surface area (TPSA) is 87.6 Å². The molecule has 4 atom stereocenters. The van der Waals surface area contributed by atoms with Gasteiger partial charge in [-0.15, -0.1) is 0 Å². The summed E-state index contributed by atoms with van der Waals surface area (Å²) in [6.45, 7) is 15.2. The van der Waals surface area contributed by atoms with Crippen molar-refractivity contribution in [1.82, 2.24) is 24.5 Å². The van der Waals surface area contributed by atoms with Crippen molar-refractivity contribution in [2.75, 3.05) is 59.5 Å². The summed E-state index contributed by atoms with van der Waals surface area (Å²) in [6.07, 6.45) is 3.98. The summed E-state index contributed by atoms with van der Waals surface area (Å²) in [4.78, 5) is 53.3. The monoisotopic (exact) mass is 673 g/mol. The number of carbonyl (C=O) groups is 3. The van der Waals surface area contributed by atoms with Crippen LogP contribution in [0.15, 0.2) is 18.2 Å². The Morgan fingerprint density at radius 1 is 0.896 bits per heavy atom. The van der Waals surface area contributed by atoms with Crippen LogP contribution in [0.2, 0.25) is 0 Å². The summed E-state index contributed by atoms with van der Waals surface area (Å²) >= 11 is 0. The molecule has 5 rings (SSSR count). The van der Waals surface area contributed by atoms with Crippen LogP contribution in [0.3, 0.4) is 0 Å². The average Bonchev–Trinajstić information content (AvgIpc) is 3.68. The van der Waals surface area contributed by atoms with E-state index in [2.05, 4.69) is 37.5 Å². The van der Waals surface area contributed by atoms with E-state index in [1.54, 1.807) is 18.7 Å². The molecule has 0 spiro atoms. The first-order valence-corrected chi connectivity index (χ1v) is 17.9. The van der Waals surface area contributed by atoms with E-state index in [4.69, 9.17) is 0 Å². The molecule has 4 aliphatic rings. The van der Waals surface area contributed by atoms with Gasteiger partial charge in [-0.05, 0) is 91.3 Å². The lowest BCUT2D eigenvalue weighted by Crippen LogP contribution is -2.55. The third-order valence-electron chi connectivity index (χ3n) is 11.6. The molecule has 1 aromatic carbocycles. The van der Waals surface area contributed by atoms with Gasteiger partial charge in [0.15, 0.2) is 0 Å². The molecule has 48 heavy (non-hydrogen) atoms. The summed E-state index contributed by atoms with van der Waals surface area (Å²) in [7, 11) is 2.02. The van der Waals surface area contributed by atoms with E-state index < -0.39 is 41.0 Å². The third-order valence-corrected chi connectivity index (χ3v) is 11.6. The summed E-state index contributed by atoms with van der Waals surface area (Å²) < 4.78 is 29.3. The number of hydrogen-bond acceptors (Lipinski definition) is 6. The second-order valence-corrected chi connectivity index (χ2v) is 16.6. The molecule has 3 heterocycles. The summed E-state index contributed by atoms with van der Waals surface area (Å²) in [5.41, 5.74) is -1.01. The molecule has 1 aliphatic carbocycles. The highest BCUT2D eigenvalue weighted by molar-refractivity contribution is 5.91. The van der Waals surface area contributed by atoms with Crippen LogP contribution in [0.1, 0.15) is 85.1 Å². The van der Waals surface area contributed by atoms with E-state index in [0.29, 0.717) is 44.1 Å². The Kier molecular flexibility index (Phi) is 10.9. The number of amides is 3. The lowest BCUT2D eigenvalue weighted by molar-refractivity contribution is -0.149. The lowest BCUT2D eigenvalue weighted by Gasteiger charge is -2.43. The number of aliphatic hydroxyl groups excluding tert-OH is 1. The molecule has 11 heteroatoms. The molecule has 1 saturated carbocycles. The zero-order valence-corrected chi connectivity index (χ0v) is 30.1. The minimum Gasteiger partial charge on any atom is -0.395 e. The van der Waals surface area contributed by atoms with Gasteiger partial charge >= 0.3 is 0 Å². The Morgan fingerprint density at radius 3 is 2.12 bits per heavy atom. The minimum absolute atomic E-state index is 0.0390. The van der Waals surface area contributed by atoms with Crippen molar-refractivity contribution < 1.29 is 28.3 Å². The van der Waals surface area contributed by atoms with Gasteiger partial charge in [-0.3, -0.25) is 19.3 Å². The normalized spacial score (nSPS) is 29.4. The number of likely N-dealkylation sites (tertiary alicyclic amines) is 2. The quantitative estimate of drug-likeness (QED) is 0.472. The van der Waals surface area contributed by atoms with Crippen LogP contribution in [0, 0.1) is 28.9 Å². The molecule has 9 nitrogen and oxygen atoms in total. The second-order valence-electron chi connectivity index (χ2n) is 16.6. The van der Waals surface area contributed by atoms with E-state index >= 15 is 4.39 Å². The Morgan fingerprint density at radius 2 is 1.54 bits per heavy atom. The number of aliphatic hydroxyl groups is 1. The molecule has 1 aromatic rings. The predicted octanol–water partition coefficient (Wildman–Crippen LogP) is 3.95. The fourth-order valence-electron chi connectivity index (χ4n) is 8.23. The van der Waals surface area contributed by atoms with Gasteiger partial charge in [-0.1, -0.05) is 13.0 Å². The number of rotatable bonds is 7. The summed E-state index contributed by atoms with van der Waals surface area (Å²) in [5, 5.41) is 10.2. The number of likely N-dealkylation sites (N-methyl/N-ethyl adjacent to an activating group) is 1. The first-order valence-electron chi connectivity index (χ1n) is 17.9. The smallest absolute Gasteiger partial charge is 0.245 e. The van der Waals surface area contributed by atoms with Crippen molar-refractivity contribution in [3.63, 3.8) is 0 Å². The van der Waals surface area contributed by atoms with Crippen LogP contribution in [-0.2, 0) is 14.4 Å². The van der Waals surface area contributed by atoms with Crippen molar-refractivity contribution in [3.8, 4) is 0 Å². The second kappa shape index (κ2) is 14.3. The molecule has 1 N–H and O–H groups in total. The number of hydrogen-bond donors (Lipinski definition) is 1. The molecular weight excluding hydrogens is 616 g/mol. The third kappa shape index (κ3) is 7.58. The number of nitrogens with zero attached hydrogens (tertiary/aromatic N) is 5. The zero-order valence-electron chi connectivity index (χ0n) is 30.1. The SMILES string of the molecule is CN1CCN(C(=O)[C@@H]2C[C@H](N(C(=O)C(C)(C)CO)[C@H]3CC[C@@H](C)CC3)CN2C(=O)[C@@H]2CN(C(C)(C)C)C[C@H]2c2ccc(F)cc2F)CC1. The Hall–Kier alpha value is -2.63. The molecule has 0 radical (unpaired) electrons. The zero-order chi connectivity index (χ0) is 35.1. The predicted molar refractivity (Wildman–Crippen MR) is 181 cm³/mol. The number of halogens is 2. The van der Waals surface area contributed by atoms with Crippen molar-refractivity contribution in [3.05, 3.63) is 35.4 Å². The van der Waals surface area contributed by atoms with Gasteiger partial charge in [0.1, 0.15) is 17.7 Å². The van der Waals surface area contributed by atoms with Crippen LogP contribution in [0.5, 0.6) is 0 Å². The average molecular weight is 674 g/mol. The van der Waals surface area contributed by atoms with E-state index in [1.165, 1.54) is 12.1 Å². The molecule has 0 bridgehead atoms. The number of piperazine rings is 1. The van der Waals surface area contributed by atoms with Crippen LogP contribution >= 0.6 is 0 Å². The van der Waals surface area contributed by atoms with Gasteiger partial charge in [-0.25, -0.2) is 8.78 Å². The summed E-state index contributed by atoms with van der Waals surface area (Å²) in [5.74, 6) is -2.45. The highest BCUT2D eigenvalue weighted by atomic mass is 19.1. The molecule has 3 saturated heterocycles. The van der Waals surface area contributed by atoms with Gasteiger partial charge in [-0.2, -0.15) is 0 Å². The Labute approximate surface area is 285 Å². The van der Waals surface area contributed by atoms with Gasteiger partial charge < -0.3 is 24.7 Å². The first-order chi connectivity index (χ1) is 22.5. The van der Waals surface area contributed by atoms with Gasteiger partial charge in [0.2, 0.25) is 17.7 Å². The molecule has 0 aromatic heterocycles. The maximum atomic E-state index is 15.3. The fourth-order valence-corrected chi connectivity index (χ4v) is 8.23. The molecule has 268 valence electrons. The molecule has 4 fully saturated rings. The van der Waals surface area contributed by atoms with Crippen molar-refractivity contribution in [2.24, 2.45) is 17.3 Å². The molecular formula is C37H57F2N5O4. The summed E-state index contributed by atoms with van der Waals surface area (Å²) in [6, 6.07) is 2.37. The maximum absolute atomic E-state index is 15.3. The van der Waals surface area contributed by atoms with Crippen molar-refractivity contribution in [2.45, 2.75) is 103 Å². The molecule has 0 unspecified atom stereocenters. The van der Waals surface area contributed by atoms with Crippen LogP contribution in [0.4, 0.5) is 8.78 Å². The van der Waals surface area contributed by atoms with E-state index in [9.17, 15) is 23.9 Å². The Bertz CT molecular complexity index is 1340. The molecule has 3 amide bonds. The lowest BCUT2D eigenvalue weighted by atomic mass is 9.83. The van der Waals surface area contributed by atoms with Crippen LogP contribution in [0.25, 0.3) is 0 Å². The van der Waals surface area contributed by atoms with E-state index in [1.807, 2.05) is 16.8 Å². The van der Waals surface area contributed by atoms with E-state index in [0.717, 1.165) is 44.8 Å². The first kappa shape index (κ1) is 36.6. The highest BCUT2D eigenvalue weighted by Crippen LogP contribution is 2.41.